The highest BCUT2D eigenvalue weighted by molar-refractivity contribution is 8.00. The molecule has 0 aromatic carbocycles. The van der Waals surface area contributed by atoms with Crippen molar-refractivity contribution in [2.24, 2.45) is 5.92 Å². The third-order valence-corrected chi connectivity index (χ3v) is 14.1. The number of hydrogen-bond donors (Lipinski definition) is 13. The highest BCUT2D eigenvalue weighted by Gasteiger charge is 2.42. The summed E-state index contributed by atoms with van der Waals surface area (Å²) in [5.74, 6) is -7.32. The van der Waals surface area contributed by atoms with Crippen molar-refractivity contribution in [1.29, 1.82) is 0 Å². The summed E-state index contributed by atoms with van der Waals surface area (Å²) in [5, 5.41) is 55.5. The number of unbranched alkanes of at least 4 members (excludes halogenated alkanes) is 5. The molecule has 8 unspecified atom stereocenters. The van der Waals surface area contributed by atoms with Crippen molar-refractivity contribution < 1.29 is 68.1 Å². The molecule has 0 aromatic heterocycles. The number of fused-ring (bicyclic) bond motifs is 1. The van der Waals surface area contributed by atoms with Gasteiger partial charge in [0.25, 0.3) is 0 Å². The number of aliphatic hydroxyl groups excluding tert-OH is 1. The molecular formula is C46H78N10O14S2. The lowest BCUT2D eigenvalue weighted by Crippen LogP contribution is -2.61. The summed E-state index contributed by atoms with van der Waals surface area (Å²) in [7, 11) is 1.30. The van der Waals surface area contributed by atoms with Crippen LogP contribution in [0.1, 0.15) is 124 Å². The number of thioether (sulfide) groups is 2. The molecule has 0 bridgehead atoms. The van der Waals surface area contributed by atoms with E-state index in [1.165, 1.54) is 25.7 Å². The van der Waals surface area contributed by atoms with E-state index in [2.05, 4.69) is 53.2 Å². The van der Waals surface area contributed by atoms with Gasteiger partial charge in [-0.2, -0.15) is 23.5 Å². The zero-order valence-corrected chi connectivity index (χ0v) is 43.7. The van der Waals surface area contributed by atoms with Crippen LogP contribution in [0.4, 0.5) is 4.79 Å². The van der Waals surface area contributed by atoms with Crippen LogP contribution in [0.3, 0.4) is 0 Å². The Bertz CT molecular complexity index is 1850. The Morgan fingerprint density at radius 3 is 1.71 bits per heavy atom. The van der Waals surface area contributed by atoms with Gasteiger partial charge in [-0.1, -0.05) is 33.1 Å². The second-order valence-electron chi connectivity index (χ2n) is 18.3. The Hall–Kier alpha value is -5.37. The quantitative estimate of drug-likeness (QED) is 0.0272. The molecule has 0 radical (unpaired) electrons. The molecule has 2 aliphatic rings. The van der Waals surface area contributed by atoms with E-state index in [4.69, 9.17) is 0 Å². The number of carboxylic acids is 2. The maximum absolute atomic E-state index is 13.6. The van der Waals surface area contributed by atoms with Gasteiger partial charge in [-0.05, 0) is 76.2 Å². The van der Waals surface area contributed by atoms with Crippen LogP contribution in [0.2, 0.25) is 0 Å². The van der Waals surface area contributed by atoms with Gasteiger partial charge in [0.05, 0.1) is 24.6 Å². The summed E-state index contributed by atoms with van der Waals surface area (Å²) in [4.78, 5) is 139. The lowest BCUT2D eigenvalue weighted by atomic mass is 10.0. The number of likely N-dealkylation sites (N-methyl/N-ethyl adjacent to an activating group) is 1. The van der Waals surface area contributed by atoms with Gasteiger partial charge in [0.15, 0.2) is 0 Å². The Labute approximate surface area is 429 Å². The molecule has 0 aliphatic carbocycles. The molecular weight excluding hydrogens is 981 g/mol. The summed E-state index contributed by atoms with van der Waals surface area (Å²) in [6.07, 6.45) is 5.78. The van der Waals surface area contributed by atoms with Crippen molar-refractivity contribution >= 4 is 88.8 Å². The van der Waals surface area contributed by atoms with Gasteiger partial charge in [0.2, 0.25) is 47.3 Å². The molecule has 408 valence electrons. The van der Waals surface area contributed by atoms with E-state index >= 15 is 0 Å². The van der Waals surface area contributed by atoms with Crippen molar-refractivity contribution in [3.05, 3.63) is 0 Å². The monoisotopic (exact) mass is 1060 g/mol. The number of amides is 10. The number of rotatable bonds is 37. The molecule has 2 rings (SSSR count). The van der Waals surface area contributed by atoms with E-state index in [9.17, 15) is 68.1 Å². The van der Waals surface area contributed by atoms with Gasteiger partial charge < -0.3 is 68.5 Å². The minimum absolute atomic E-state index is 0.00457. The third kappa shape index (κ3) is 24.4. The lowest BCUT2D eigenvalue weighted by molar-refractivity contribution is -0.142. The Kier molecular flexibility index (Phi) is 29.7. The van der Waals surface area contributed by atoms with Gasteiger partial charge in [-0.15, -0.1) is 0 Å². The first-order valence-corrected chi connectivity index (χ1v) is 27.2. The SMILES string of the molecule is CNC(=O)C(NC(=O)C(CCSC)NC(=O)C(CC(=O)O)NC(=O)C(NC(=O)C(CCC(=O)O)NC(=O)CCCCCNC(=O)CCCCCNC(=O)CCCC[C@H]1SCC2NC(=O)NC21)C(C)C)C(C)O. The molecule has 2 fully saturated rings. The van der Waals surface area contributed by atoms with Crippen LogP contribution in [0.25, 0.3) is 0 Å². The van der Waals surface area contributed by atoms with Crippen LogP contribution >= 0.6 is 23.5 Å². The Morgan fingerprint density at radius 1 is 0.625 bits per heavy atom. The van der Waals surface area contributed by atoms with E-state index in [1.807, 2.05) is 11.8 Å². The number of nitrogens with one attached hydrogen (secondary N) is 10. The number of carbonyl (C=O) groups excluding carboxylic acids is 9. The Morgan fingerprint density at radius 2 is 1.17 bits per heavy atom. The van der Waals surface area contributed by atoms with E-state index in [0.29, 0.717) is 62.6 Å². The number of urea groups is 1. The standard InChI is InChI=1S/C46H78N10O14S2/c1-26(2)38(45(69)52-30(24-37(63)64)43(67)51-29(20-23-71-5)42(66)55-39(27(3)57)44(68)47-4)54-41(65)28(18-19-36(61)62)50-35(60)17-9-7-13-22-48-33(58)15-8-6-12-21-49-34(59)16-11-10-14-32-40-31(25-72-32)53-46(70)56-40/h26-32,38-40,57H,6-25H2,1-5H3,(H,47,68)(H,48,58)(H,49,59)(H,50,60)(H,51,67)(H,52,69)(H,54,65)(H,55,66)(H,61,62)(H,63,64)(H2,53,56,70)/t27?,28?,29?,30?,31?,32-,38?,39?,40?/m1/s1. The first-order valence-electron chi connectivity index (χ1n) is 24.7. The molecule has 2 heterocycles. The number of carboxylic acid groups (broad SMARTS) is 2. The first-order chi connectivity index (χ1) is 34.2. The average molecular weight is 1060 g/mol. The highest BCUT2D eigenvalue weighted by Crippen LogP contribution is 2.33. The van der Waals surface area contributed by atoms with Crippen LogP contribution in [-0.2, 0) is 47.9 Å². The molecule has 9 atom stereocenters. The number of aliphatic hydroxyl groups is 1. The van der Waals surface area contributed by atoms with Crippen LogP contribution in [-0.4, -0.2) is 172 Å². The number of aliphatic carboxylic acids is 2. The fraction of sp³-hybridized carbons (Fsp3) is 0.761. The van der Waals surface area contributed by atoms with Crippen LogP contribution < -0.4 is 53.2 Å². The molecule has 0 saturated carbocycles. The van der Waals surface area contributed by atoms with Crippen molar-refractivity contribution in [2.45, 2.75) is 177 Å². The van der Waals surface area contributed by atoms with E-state index in [0.717, 1.165) is 37.9 Å². The molecule has 26 heteroatoms. The van der Waals surface area contributed by atoms with Gasteiger partial charge in [0, 0.05) is 56.8 Å². The maximum atomic E-state index is 13.6. The third-order valence-electron chi connectivity index (χ3n) is 12.0. The van der Waals surface area contributed by atoms with Gasteiger partial charge in [0.1, 0.15) is 30.2 Å². The molecule has 0 aromatic rings. The lowest BCUT2D eigenvalue weighted by Gasteiger charge is -2.28. The zero-order valence-electron chi connectivity index (χ0n) is 42.1. The summed E-state index contributed by atoms with van der Waals surface area (Å²) >= 11 is 3.19. The molecule has 0 spiro atoms. The summed E-state index contributed by atoms with van der Waals surface area (Å²) in [6, 6.07) is -6.97. The summed E-state index contributed by atoms with van der Waals surface area (Å²) in [5.41, 5.74) is 0. The molecule has 13 N–H and O–H groups in total. The zero-order chi connectivity index (χ0) is 53.8. The fourth-order valence-electron chi connectivity index (χ4n) is 7.91. The van der Waals surface area contributed by atoms with Crippen molar-refractivity contribution in [2.75, 3.05) is 37.9 Å². The van der Waals surface area contributed by atoms with E-state index in [-0.39, 0.29) is 49.2 Å². The van der Waals surface area contributed by atoms with Gasteiger partial charge in [-0.3, -0.25) is 47.9 Å². The second-order valence-corrected chi connectivity index (χ2v) is 20.6. The maximum Gasteiger partial charge on any atom is 0.315 e. The van der Waals surface area contributed by atoms with Crippen molar-refractivity contribution in [1.82, 2.24) is 53.2 Å². The Balaban J connectivity index is 1.78. The van der Waals surface area contributed by atoms with Gasteiger partial charge in [-0.25, -0.2) is 4.79 Å². The molecule has 10 amide bonds. The predicted molar refractivity (Wildman–Crippen MR) is 269 cm³/mol. The normalized spacial score (nSPS) is 18.3. The molecule has 2 aliphatic heterocycles. The second kappa shape index (κ2) is 34.1. The van der Waals surface area contributed by atoms with Crippen molar-refractivity contribution in [3.8, 4) is 0 Å². The minimum Gasteiger partial charge on any atom is -0.481 e. The topological polar surface area (TPSA) is 369 Å². The van der Waals surface area contributed by atoms with Crippen LogP contribution in [0.5, 0.6) is 0 Å². The first kappa shape index (κ1) is 62.7. The molecule has 2 saturated heterocycles. The molecule has 72 heavy (non-hydrogen) atoms. The van der Waals surface area contributed by atoms with E-state index in [1.54, 1.807) is 20.1 Å². The van der Waals surface area contributed by atoms with Gasteiger partial charge >= 0.3 is 18.0 Å². The van der Waals surface area contributed by atoms with Crippen LogP contribution in [0, 0.1) is 5.92 Å². The number of carbonyl (C=O) groups is 11. The largest absolute Gasteiger partial charge is 0.481 e. The fourth-order valence-corrected chi connectivity index (χ4v) is 9.92. The van der Waals surface area contributed by atoms with Crippen molar-refractivity contribution in [3.63, 3.8) is 0 Å². The minimum atomic E-state index is -1.75. The summed E-state index contributed by atoms with van der Waals surface area (Å²) < 4.78 is 0. The number of hydrogen-bond acceptors (Lipinski definition) is 14. The average Bonchev–Trinajstić information content (AvgIpc) is 3.88. The summed E-state index contributed by atoms with van der Waals surface area (Å²) in [6.45, 7) is 5.30. The van der Waals surface area contributed by atoms with Crippen LogP contribution in [0.15, 0.2) is 0 Å². The van der Waals surface area contributed by atoms with E-state index < -0.39 is 102 Å². The smallest absolute Gasteiger partial charge is 0.315 e. The predicted octanol–water partition coefficient (Wildman–Crippen LogP) is -0.635. The molecule has 24 nitrogen and oxygen atoms in total. The highest BCUT2D eigenvalue weighted by atomic mass is 32.2.